The van der Waals surface area contributed by atoms with Gasteiger partial charge >= 0.3 is 0 Å². The van der Waals surface area contributed by atoms with Gasteiger partial charge in [-0.1, -0.05) is 36.8 Å². The number of amides is 1. The average Bonchev–Trinajstić information content (AvgIpc) is 3.28. The fourth-order valence-electron chi connectivity index (χ4n) is 2.83. The van der Waals surface area contributed by atoms with Crippen LogP contribution in [0.3, 0.4) is 0 Å². The number of aliphatic hydroxyl groups is 1. The zero-order chi connectivity index (χ0) is 18.7. The summed E-state index contributed by atoms with van der Waals surface area (Å²) in [6.07, 6.45) is 2.35. The summed E-state index contributed by atoms with van der Waals surface area (Å²) in [5, 5.41) is 22.7. The molecule has 0 aromatic carbocycles. The van der Waals surface area contributed by atoms with Gasteiger partial charge in [0.25, 0.3) is 5.91 Å². The van der Waals surface area contributed by atoms with Crippen LogP contribution in [0, 0.1) is 0 Å². The van der Waals surface area contributed by atoms with Crippen LogP contribution in [0.1, 0.15) is 53.9 Å². The van der Waals surface area contributed by atoms with Gasteiger partial charge in [-0.3, -0.25) is 4.79 Å². The molecule has 3 heterocycles. The van der Waals surface area contributed by atoms with Crippen molar-refractivity contribution >= 4 is 34.0 Å². The topological polar surface area (TPSA) is 107 Å². The zero-order valence-electron chi connectivity index (χ0n) is 14.8. The first-order valence-electron chi connectivity index (χ1n) is 8.76. The van der Waals surface area contributed by atoms with Crippen molar-refractivity contribution in [1.82, 2.24) is 25.5 Å². The Hall–Kier alpha value is -1.71. The van der Waals surface area contributed by atoms with E-state index in [-0.39, 0.29) is 30.3 Å². The van der Waals surface area contributed by atoms with E-state index in [1.807, 2.05) is 13.8 Å². The predicted octanol–water partition coefficient (Wildman–Crippen LogP) is 1.97. The number of hydrogen-bond donors (Lipinski definition) is 3. The van der Waals surface area contributed by atoms with Gasteiger partial charge < -0.3 is 20.3 Å². The summed E-state index contributed by atoms with van der Waals surface area (Å²) in [7, 11) is 0. The molecular weight excluding hydrogens is 376 g/mol. The van der Waals surface area contributed by atoms with Crippen molar-refractivity contribution in [2.45, 2.75) is 45.1 Å². The second kappa shape index (κ2) is 8.32. The van der Waals surface area contributed by atoms with Crippen molar-refractivity contribution in [2.24, 2.45) is 0 Å². The van der Waals surface area contributed by atoms with Gasteiger partial charge in [-0.2, -0.15) is 0 Å². The van der Waals surface area contributed by atoms with Gasteiger partial charge in [0.1, 0.15) is 5.01 Å². The summed E-state index contributed by atoms with van der Waals surface area (Å²) in [6.45, 7) is 5.55. The molecule has 10 heteroatoms. The van der Waals surface area contributed by atoms with Gasteiger partial charge in [0.15, 0.2) is 11.0 Å². The van der Waals surface area contributed by atoms with Crippen molar-refractivity contribution in [3.8, 4) is 0 Å². The van der Waals surface area contributed by atoms with E-state index in [1.54, 1.807) is 0 Å². The lowest BCUT2D eigenvalue weighted by atomic mass is 10.1. The maximum absolute atomic E-state index is 12.3. The third-order valence-electron chi connectivity index (χ3n) is 4.52. The number of piperidine rings is 1. The lowest BCUT2D eigenvalue weighted by molar-refractivity contribution is 0.0921. The minimum atomic E-state index is -0.222. The second-order valence-corrected chi connectivity index (χ2v) is 7.80. The Morgan fingerprint density at radius 3 is 2.81 bits per heavy atom. The minimum Gasteiger partial charge on any atom is -0.396 e. The lowest BCUT2D eigenvalue weighted by Gasteiger charge is -2.31. The van der Waals surface area contributed by atoms with E-state index in [4.69, 9.17) is 11.6 Å². The highest BCUT2D eigenvalue weighted by molar-refractivity contribution is 7.15. The molecule has 2 aromatic heterocycles. The number of aryl methyl sites for hydroxylation is 1. The summed E-state index contributed by atoms with van der Waals surface area (Å²) in [5.41, 5.74) is 0.774. The first kappa shape index (κ1) is 19.1. The van der Waals surface area contributed by atoms with E-state index in [0.29, 0.717) is 11.6 Å². The molecule has 3 N–H and O–H groups in total. The Balaban J connectivity index is 1.53. The monoisotopic (exact) mass is 398 g/mol. The molecule has 3 rings (SSSR count). The van der Waals surface area contributed by atoms with Crippen LogP contribution in [0.25, 0.3) is 0 Å². The van der Waals surface area contributed by atoms with Crippen molar-refractivity contribution < 1.29 is 9.90 Å². The highest BCUT2D eigenvalue weighted by Gasteiger charge is 2.25. The van der Waals surface area contributed by atoms with Gasteiger partial charge in [-0.15, -0.1) is 10.2 Å². The van der Waals surface area contributed by atoms with Crippen LogP contribution >= 0.6 is 22.9 Å². The molecule has 1 fully saturated rings. The van der Waals surface area contributed by atoms with Crippen LogP contribution in [0.2, 0.25) is 5.15 Å². The fourth-order valence-corrected chi connectivity index (χ4v) is 4.03. The van der Waals surface area contributed by atoms with Gasteiger partial charge in [0, 0.05) is 25.0 Å². The van der Waals surface area contributed by atoms with E-state index in [9.17, 15) is 9.90 Å². The van der Waals surface area contributed by atoms with Crippen molar-refractivity contribution in [3.05, 3.63) is 21.7 Å². The zero-order valence-corrected chi connectivity index (χ0v) is 16.4. The van der Waals surface area contributed by atoms with Crippen LogP contribution < -0.4 is 10.2 Å². The predicted molar refractivity (Wildman–Crippen MR) is 101 cm³/mol. The largest absolute Gasteiger partial charge is 0.396 e. The summed E-state index contributed by atoms with van der Waals surface area (Å²) >= 11 is 7.51. The summed E-state index contributed by atoms with van der Waals surface area (Å²) in [6, 6.07) is 0.0939. The number of rotatable bonds is 6. The molecule has 26 heavy (non-hydrogen) atoms. The number of halogens is 1. The molecular formula is C16H23ClN6O2S. The molecule has 1 saturated heterocycles. The second-order valence-electron chi connectivity index (χ2n) is 6.45. The number of hydrogen-bond acceptors (Lipinski definition) is 7. The van der Waals surface area contributed by atoms with E-state index in [2.05, 4.69) is 30.4 Å². The molecule has 1 atom stereocenters. The number of aromatic amines is 1. The summed E-state index contributed by atoms with van der Waals surface area (Å²) in [5.74, 6) is 0.0484. The van der Waals surface area contributed by atoms with E-state index >= 15 is 0 Å². The first-order chi connectivity index (χ1) is 12.5. The maximum atomic E-state index is 12.3. The molecule has 2 aromatic rings. The Labute approximate surface area is 161 Å². The normalized spacial score (nSPS) is 16.7. The lowest BCUT2D eigenvalue weighted by Crippen LogP contribution is -2.45. The number of nitrogens with zero attached hydrogens (tertiary/aromatic N) is 4. The van der Waals surface area contributed by atoms with Crippen LogP contribution in [0.4, 0.5) is 5.13 Å². The molecule has 1 amide bonds. The van der Waals surface area contributed by atoms with Gasteiger partial charge in [-0.25, -0.2) is 4.98 Å². The molecule has 1 aliphatic rings. The van der Waals surface area contributed by atoms with E-state index < -0.39 is 0 Å². The number of H-pyrrole nitrogens is 1. The number of aliphatic hydroxyl groups excluding tert-OH is 1. The molecule has 0 bridgehead atoms. The number of anilines is 1. The van der Waals surface area contributed by atoms with Gasteiger partial charge in [0.05, 0.1) is 12.3 Å². The Bertz CT molecular complexity index is 756. The minimum absolute atomic E-state index is 0.00575. The van der Waals surface area contributed by atoms with Crippen LogP contribution in [-0.4, -0.2) is 56.9 Å². The SMILES string of the molecule is CCc1[nH]c(C(=O)NC2CCN(c3nnc([C@@H](C)CO)s3)CC2)nc1Cl. The van der Waals surface area contributed by atoms with Crippen LogP contribution in [0.5, 0.6) is 0 Å². The molecule has 8 nitrogen and oxygen atoms in total. The van der Waals surface area contributed by atoms with Gasteiger partial charge in [0.2, 0.25) is 5.13 Å². The summed E-state index contributed by atoms with van der Waals surface area (Å²) < 4.78 is 0. The number of carbonyl (C=O) groups is 1. The number of carbonyl (C=O) groups excluding carboxylic acids is 1. The van der Waals surface area contributed by atoms with Crippen molar-refractivity contribution in [2.75, 3.05) is 24.6 Å². The standard InChI is InChI=1S/C16H23ClN6O2S/c1-3-11-12(17)20-13(19-11)14(25)18-10-4-6-23(7-5-10)16-22-21-15(26-16)9(2)8-24/h9-10,24H,3-8H2,1-2H3,(H,18,25)(H,19,20)/t9-/m0/s1. The Morgan fingerprint density at radius 2 is 2.19 bits per heavy atom. The average molecular weight is 399 g/mol. The quantitative estimate of drug-likeness (QED) is 0.686. The number of imidazole rings is 1. The molecule has 0 radical (unpaired) electrons. The Kier molecular flexibility index (Phi) is 6.10. The van der Waals surface area contributed by atoms with Crippen LogP contribution in [0.15, 0.2) is 0 Å². The molecule has 0 unspecified atom stereocenters. The summed E-state index contributed by atoms with van der Waals surface area (Å²) in [4.78, 5) is 21.6. The highest BCUT2D eigenvalue weighted by Crippen LogP contribution is 2.27. The molecule has 0 aliphatic carbocycles. The Morgan fingerprint density at radius 1 is 1.46 bits per heavy atom. The van der Waals surface area contributed by atoms with Gasteiger partial charge in [-0.05, 0) is 19.3 Å². The highest BCUT2D eigenvalue weighted by atomic mass is 35.5. The van der Waals surface area contributed by atoms with Crippen LogP contribution in [-0.2, 0) is 6.42 Å². The third kappa shape index (κ3) is 4.16. The number of nitrogens with one attached hydrogen (secondary N) is 2. The number of aromatic nitrogens is 4. The van der Waals surface area contributed by atoms with E-state index in [1.165, 1.54) is 11.3 Å². The third-order valence-corrected chi connectivity index (χ3v) is 6.05. The van der Waals surface area contributed by atoms with Crippen molar-refractivity contribution in [1.29, 1.82) is 0 Å². The molecule has 1 aliphatic heterocycles. The maximum Gasteiger partial charge on any atom is 0.287 e. The molecule has 0 spiro atoms. The molecule has 142 valence electrons. The smallest absolute Gasteiger partial charge is 0.287 e. The fraction of sp³-hybridized carbons (Fsp3) is 0.625. The van der Waals surface area contributed by atoms with Crippen molar-refractivity contribution in [3.63, 3.8) is 0 Å². The van der Waals surface area contributed by atoms with E-state index in [0.717, 1.165) is 41.8 Å². The first-order valence-corrected chi connectivity index (χ1v) is 9.95. The molecule has 0 saturated carbocycles.